The van der Waals surface area contributed by atoms with E-state index < -0.39 is 23.6 Å². The summed E-state index contributed by atoms with van der Waals surface area (Å²) in [5.41, 5.74) is 1.39. The molecule has 1 unspecified atom stereocenters. The van der Waals surface area contributed by atoms with Crippen LogP contribution in [-0.4, -0.2) is 110 Å². The highest BCUT2D eigenvalue weighted by Gasteiger charge is 2.39. The predicted octanol–water partition coefficient (Wildman–Crippen LogP) is 1.47. The van der Waals surface area contributed by atoms with Crippen LogP contribution in [0, 0.1) is 11.8 Å². The molecule has 230 valence electrons. The molecule has 4 amide bonds. The Morgan fingerprint density at radius 2 is 1.74 bits per heavy atom. The average molecular weight is 588 g/mol. The van der Waals surface area contributed by atoms with Gasteiger partial charge in [0.05, 0.1) is 46.2 Å². The van der Waals surface area contributed by atoms with E-state index in [1.807, 2.05) is 6.07 Å². The molecule has 1 atom stereocenters. The van der Waals surface area contributed by atoms with Crippen molar-refractivity contribution in [3.8, 4) is 11.8 Å². The fourth-order valence-electron chi connectivity index (χ4n) is 4.41. The van der Waals surface area contributed by atoms with Crippen LogP contribution in [0.1, 0.15) is 61.5 Å². The molecular weight excluding hydrogens is 546 g/mol. The molecule has 0 aromatic heterocycles. The van der Waals surface area contributed by atoms with Gasteiger partial charge in [-0.15, -0.1) is 0 Å². The van der Waals surface area contributed by atoms with E-state index in [0.717, 1.165) is 11.1 Å². The lowest BCUT2D eigenvalue weighted by Crippen LogP contribution is -2.52. The van der Waals surface area contributed by atoms with Crippen molar-refractivity contribution in [2.24, 2.45) is 0 Å². The van der Waals surface area contributed by atoms with Crippen molar-refractivity contribution in [2.45, 2.75) is 58.2 Å². The second kappa shape index (κ2) is 16.2. The molecule has 12 nitrogen and oxygen atoms in total. The number of nitrogens with one attached hydrogen (secondary N) is 1. The Hall–Kier alpha value is -3.50. The van der Waals surface area contributed by atoms with Gasteiger partial charge in [0.15, 0.2) is 0 Å². The van der Waals surface area contributed by atoms with Crippen molar-refractivity contribution in [2.75, 3.05) is 59.3 Å². The van der Waals surface area contributed by atoms with Crippen LogP contribution in [-0.2, 0) is 35.1 Å². The summed E-state index contributed by atoms with van der Waals surface area (Å²) >= 11 is 0. The summed E-state index contributed by atoms with van der Waals surface area (Å²) in [6.45, 7) is 8.50. The first-order valence-electron chi connectivity index (χ1n) is 14.2. The van der Waals surface area contributed by atoms with Gasteiger partial charge >= 0.3 is 6.09 Å². The summed E-state index contributed by atoms with van der Waals surface area (Å²) in [6.07, 6.45) is 0.464. The first-order chi connectivity index (χ1) is 20.1. The zero-order valence-corrected chi connectivity index (χ0v) is 24.6. The minimum absolute atomic E-state index is 0.0218. The highest BCUT2D eigenvalue weighted by atomic mass is 16.6. The Morgan fingerprint density at radius 3 is 2.40 bits per heavy atom. The summed E-state index contributed by atoms with van der Waals surface area (Å²) in [7, 11) is 0. The Labute approximate surface area is 246 Å². The standard InChI is InChI=1S/C30H41N3O9/c1-30(2,3)42-29(38)32(12-14-39-16-18-41-19-17-40-15-13-34)11-5-4-6-22-7-8-24-23(20-22)21-33(28(24)37)25-9-10-26(35)31-27(25)36/h7-8,20,25,34H,5,9-19,21H2,1-3H3,(H,31,35,36). The van der Waals surface area contributed by atoms with Gasteiger partial charge in [-0.05, 0) is 51.0 Å². The van der Waals surface area contributed by atoms with E-state index in [-0.39, 0.29) is 38.0 Å². The summed E-state index contributed by atoms with van der Waals surface area (Å²) < 4.78 is 21.6. The first-order valence-corrected chi connectivity index (χ1v) is 14.2. The minimum Gasteiger partial charge on any atom is -0.444 e. The number of carbonyl (C=O) groups excluding carboxylic acids is 4. The van der Waals surface area contributed by atoms with Crippen LogP contribution in [0.4, 0.5) is 4.79 Å². The van der Waals surface area contributed by atoms with E-state index in [2.05, 4.69) is 17.2 Å². The molecule has 12 heteroatoms. The lowest BCUT2D eigenvalue weighted by Gasteiger charge is -2.29. The minimum atomic E-state index is -0.663. The normalized spacial score (nSPS) is 16.5. The lowest BCUT2D eigenvalue weighted by atomic mass is 10.0. The molecule has 1 fully saturated rings. The fraction of sp³-hybridized carbons (Fsp3) is 0.600. The summed E-state index contributed by atoms with van der Waals surface area (Å²) in [4.78, 5) is 52.4. The number of imide groups is 1. The maximum absolute atomic E-state index is 12.9. The maximum Gasteiger partial charge on any atom is 0.410 e. The number of aliphatic hydroxyl groups excluding tert-OH is 1. The van der Waals surface area contributed by atoms with Gasteiger partial charge in [-0.3, -0.25) is 19.7 Å². The van der Waals surface area contributed by atoms with E-state index in [9.17, 15) is 19.2 Å². The Morgan fingerprint density at radius 1 is 1.05 bits per heavy atom. The molecule has 0 spiro atoms. The van der Waals surface area contributed by atoms with Crippen molar-refractivity contribution in [3.05, 3.63) is 34.9 Å². The number of benzene rings is 1. The van der Waals surface area contributed by atoms with Crippen LogP contribution in [0.3, 0.4) is 0 Å². The average Bonchev–Trinajstić information content (AvgIpc) is 3.25. The van der Waals surface area contributed by atoms with Gasteiger partial charge in [0.1, 0.15) is 11.6 Å². The molecular formula is C30H41N3O9. The number of hydrogen-bond acceptors (Lipinski definition) is 9. The smallest absolute Gasteiger partial charge is 0.410 e. The number of nitrogens with zero attached hydrogens (tertiary/aromatic N) is 2. The number of amides is 4. The lowest BCUT2D eigenvalue weighted by molar-refractivity contribution is -0.136. The van der Waals surface area contributed by atoms with Crippen LogP contribution in [0.2, 0.25) is 0 Å². The molecule has 3 rings (SSSR count). The molecule has 1 saturated heterocycles. The first kappa shape index (κ1) is 33.0. The third kappa shape index (κ3) is 10.4. The van der Waals surface area contributed by atoms with Crippen molar-refractivity contribution >= 4 is 23.8 Å². The van der Waals surface area contributed by atoms with Crippen molar-refractivity contribution in [1.29, 1.82) is 0 Å². The van der Waals surface area contributed by atoms with Crippen molar-refractivity contribution in [3.63, 3.8) is 0 Å². The molecule has 2 heterocycles. The molecule has 0 aliphatic carbocycles. The monoisotopic (exact) mass is 587 g/mol. The van der Waals surface area contributed by atoms with E-state index in [0.29, 0.717) is 64.5 Å². The zero-order valence-electron chi connectivity index (χ0n) is 24.6. The predicted molar refractivity (Wildman–Crippen MR) is 151 cm³/mol. The maximum atomic E-state index is 12.9. The van der Waals surface area contributed by atoms with Gasteiger partial charge in [0, 0.05) is 43.6 Å². The van der Waals surface area contributed by atoms with Crippen LogP contribution in [0.25, 0.3) is 0 Å². The Balaban J connectivity index is 1.49. The van der Waals surface area contributed by atoms with E-state index in [4.69, 9.17) is 24.1 Å². The molecule has 0 radical (unpaired) electrons. The van der Waals surface area contributed by atoms with Gasteiger partial charge < -0.3 is 33.9 Å². The Bertz CT molecular complexity index is 1170. The number of rotatable bonds is 14. The number of ether oxygens (including phenoxy) is 4. The number of hydrogen-bond donors (Lipinski definition) is 2. The van der Waals surface area contributed by atoms with Crippen LogP contribution >= 0.6 is 0 Å². The topological polar surface area (TPSA) is 144 Å². The molecule has 0 saturated carbocycles. The molecule has 0 bridgehead atoms. The van der Waals surface area contributed by atoms with Crippen LogP contribution in [0.5, 0.6) is 0 Å². The molecule has 2 aliphatic heterocycles. The molecule has 1 aromatic carbocycles. The van der Waals surface area contributed by atoms with E-state index in [1.165, 1.54) is 4.90 Å². The SMILES string of the molecule is CC(C)(C)OC(=O)N(CCC#Cc1ccc2c(c1)CN(C1CCC(=O)NC1=O)C2=O)CCOCCOCCOCCO. The van der Waals surface area contributed by atoms with E-state index >= 15 is 0 Å². The number of carbonyl (C=O) groups is 4. The molecule has 1 aromatic rings. The van der Waals surface area contributed by atoms with Gasteiger partial charge in [-0.25, -0.2) is 4.79 Å². The third-order valence-corrected chi connectivity index (χ3v) is 6.40. The second-order valence-corrected chi connectivity index (χ2v) is 10.9. The molecule has 42 heavy (non-hydrogen) atoms. The molecule has 2 aliphatic rings. The van der Waals surface area contributed by atoms with E-state index in [1.54, 1.807) is 37.8 Å². The largest absolute Gasteiger partial charge is 0.444 e. The van der Waals surface area contributed by atoms with Crippen molar-refractivity contribution < 1.29 is 43.2 Å². The third-order valence-electron chi connectivity index (χ3n) is 6.40. The van der Waals surface area contributed by atoms with Gasteiger partial charge in [-0.2, -0.15) is 0 Å². The fourth-order valence-corrected chi connectivity index (χ4v) is 4.41. The Kier molecular flexibility index (Phi) is 12.7. The van der Waals surface area contributed by atoms with Crippen LogP contribution < -0.4 is 5.32 Å². The summed E-state index contributed by atoms with van der Waals surface area (Å²) in [5, 5.41) is 11.0. The molecule has 2 N–H and O–H groups in total. The van der Waals surface area contributed by atoms with Gasteiger partial charge in [-0.1, -0.05) is 11.8 Å². The van der Waals surface area contributed by atoms with Gasteiger partial charge in [0.2, 0.25) is 11.8 Å². The van der Waals surface area contributed by atoms with Crippen LogP contribution in [0.15, 0.2) is 18.2 Å². The quantitative estimate of drug-likeness (QED) is 0.188. The van der Waals surface area contributed by atoms with Crippen molar-refractivity contribution in [1.82, 2.24) is 15.1 Å². The number of aliphatic hydroxyl groups is 1. The zero-order chi connectivity index (χ0) is 30.5. The highest BCUT2D eigenvalue weighted by molar-refractivity contribution is 6.05. The number of piperidine rings is 1. The summed E-state index contributed by atoms with van der Waals surface area (Å²) in [5.74, 6) is 5.19. The number of fused-ring (bicyclic) bond motifs is 1. The second-order valence-electron chi connectivity index (χ2n) is 10.9. The highest BCUT2D eigenvalue weighted by Crippen LogP contribution is 2.28. The van der Waals surface area contributed by atoms with Gasteiger partial charge in [0.25, 0.3) is 5.91 Å². The summed E-state index contributed by atoms with van der Waals surface area (Å²) in [6, 6.07) is 4.65.